The van der Waals surface area contributed by atoms with Crippen molar-refractivity contribution in [1.82, 2.24) is 10.2 Å². The molecule has 0 atom stereocenters. The van der Waals surface area contributed by atoms with E-state index in [1.165, 1.54) is 23.3 Å². The zero-order chi connectivity index (χ0) is 17.2. The van der Waals surface area contributed by atoms with Crippen molar-refractivity contribution in [1.29, 1.82) is 0 Å². The van der Waals surface area contributed by atoms with Crippen LogP contribution in [0.25, 0.3) is 0 Å². The second-order valence-corrected chi connectivity index (χ2v) is 5.92. The number of allylic oxidation sites excluding steroid dienone is 1. The molecule has 0 radical (unpaired) electrons. The van der Waals surface area contributed by atoms with Gasteiger partial charge in [-0.15, -0.1) is 0 Å². The Morgan fingerprint density at radius 3 is 2.67 bits per heavy atom. The van der Waals surface area contributed by atoms with Crippen LogP contribution in [0.2, 0.25) is 0 Å². The van der Waals surface area contributed by atoms with Crippen LogP contribution in [0.4, 0.5) is 18.9 Å². The monoisotopic (exact) mass is 339 g/mol. The molecule has 24 heavy (non-hydrogen) atoms. The first-order valence-electron chi connectivity index (χ1n) is 7.78. The molecule has 0 aliphatic carbocycles. The number of hydrogen-bond acceptors (Lipinski definition) is 4. The van der Waals surface area contributed by atoms with E-state index in [1.807, 2.05) is 11.1 Å². The topological polar surface area (TPSA) is 36.5 Å². The summed E-state index contributed by atoms with van der Waals surface area (Å²) in [5, 5.41) is 6.61. The highest BCUT2D eigenvalue weighted by molar-refractivity contribution is 5.56. The standard InChI is InChI=1S/C17H20F3N3O/c1-24-11-23-9-12-8-21-7-6-15(12)16(10-23)22-14-4-2-13(3-5-14)17(18,19)20/h2-5,10,21-22H,6-9,11H2,1H3. The Balaban J connectivity index is 1.81. The molecule has 0 spiro atoms. The van der Waals surface area contributed by atoms with Crippen molar-refractivity contribution < 1.29 is 17.9 Å². The van der Waals surface area contributed by atoms with Crippen LogP contribution in [0.5, 0.6) is 0 Å². The van der Waals surface area contributed by atoms with E-state index in [9.17, 15) is 13.2 Å². The highest BCUT2D eigenvalue weighted by atomic mass is 19.4. The molecule has 4 nitrogen and oxygen atoms in total. The second kappa shape index (κ2) is 6.86. The number of rotatable bonds is 4. The molecule has 130 valence electrons. The van der Waals surface area contributed by atoms with Crippen molar-refractivity contribution in [3.8, 4) is 0 Å². The Morgan fingerprint density at radius 1 is 1.25 bits per heavy atom. The molecule has 2 aliphatic rings. The number of benzene rings is 1. The molecule has 1 aromatic carbocycles. The third-order valence-corrected chi connectivity index (χ3v) is 4.13. The largest absolute Gasteiger partial charge is 0.416 e. The van der Waals surface area contributed by atoms with Gasteiger partial charge in [-0.1, -0.05) is 0 Å². The summed E-state index contributed by atoms with van der Waals surface area (Å²) in [6, 6.07) is 5.10. The lowest BCUT2D eigenvalue weighted by molar-refractivity contribution is -0.137. The minimum absolute atomic E-state index is 0.467. The van der Waals surface area contributed by atoms with Crippen molar-refractivity contribution in [3.63, 3.8) is 0 Å². The van der Waals surface area contributed by atoms with Gasteiger partial charge in [0.15, 0.2) is 0 Å². The Bertz CT molecular complexity index is 650. The number of nitrogens with zero attached hydrogens (tertiary/aromatic N) is 1. The number of halogens is 3. The molecule has 2 N–H and O–H groups in total. The van der Waals surface area contributed by atoms with E-state index in [2.05, 4.69) is 10.6 Å². The van der Waals surface area contributed by atoms with E-state index in [0.717, 1.165) is 43.9 Å². The summed E-state index contributed by atoms with van der Waals surface area (Å²) >= 11 is 0. The van der Waals surface area contributed by atoms with Crippen molar-refractivity contribution in [3.05, 3.63) is 52.9 Å². The summed E-state index contributed by atoms with van der Waals surface area (Å²) in [4.78, 5) is 2.04. The van der Waals surface area contributed by atoms with Gasteiger partial charge in [0.05, 0.1) is 11.3 Å². The first-order valence-corrected chi connectivity index (χ1v) is 7.78. The Kier molecular flexibility index (Phi) is 4.82. The zero-order valence-electron chi connectivity index (χ0n) is 13.4. The fraction of sp³-hybridized carbons (Fsp3) is 0.412. The van der Waals surface area contributed by atoms with E-state index in [1.54, 1.807) is 7.11 Å². The van der Waals surface area contributed by atoms with Crippen LogP contribution in [0.1, 0.15) is 12.0 Å². The molecule has 3 rings (SSSR count). The lowest BCUT2D eigenvalue weighted by Crippen LogP contribution is -2.36. The minimum Gasteiger partial charge on any atom is -0.364 e. The maximum absolute atomic E-state index is 12.7. The molecule has 2 heterocycles. The molecule has 0 unspecified atom stereocenters. The van der Waals surface area contributed by atoms with Crippen LogP contribution in [-0.2, 0) is 10.9 Å². The average molecular weight is 339 g/mol. The fourth-order valence-corrected chi connectivity index (χ4v) is 3.02. The Labute approximate surface area is 139 Å². The van der Waals surface area contributed by atoms with E-state index >= 15 is 0 Å². The molecular weight excluding hydrogens is 319 g/mol. The number of ether oxygens (including phenoxy) is 1. The van der Waals surface area contributed by atoms with E-state index in [4.69, 9.17) is 4.74 Å². The minimum atomic E-state index is -4.32. The van der Waals surface area contributed by atoms with E-state index < -0.39 is 11.7 Å². The molecule has 0 amide bonds. The van der Waals surface area contributed by atoms with Gasteiger partial charge < -0.3 is 20.3 Å². The van der Waals surface area contributed by atoms with Gasteiger partial charge in [-0.25, -0.2) is 0 Å². The number of anilines is 1. The third kappa shape index (κ3) is 3.73. The summed E-state index contributed by atoms with van der Waals surface area (Å²) in [6.07, 6.45) is -1.44. The van der Waals surface area contributed by atoms with Crippen LogP contribution in [-0.4, -0.2) is 38.4 Å². The predicted molar refractivity (Wildman–Crippen MR) is 86.2 cm³/mol. The van der Waals surface area contributed by atoms with Crippen LogP contribution in [0, 0.1) is 0 Å². The Hall–Kier alpha value is -1.99. The highest BCUT2D eigenvalue weighted by Gasteiger charge is 2.30. The van der Waals surface area contributed by atoms with Gasteiger partial charge in [0.25, 0.3) is 0 Å². The van der Waals surface area contributed by atoms with Gasteiger partial charge in [-0.3, -0.25) is 0 Å². The summed E-state index contributed by atoms with van der Waals surface area (Å²) in [7, 11) is 1.64. The maximum atomic E-state index is 12.7. The molecule has 0 bridgehead atoms. The predicted octanol–water partition coefficient (Wildman–Crippen LogP) is 3.17. The first kappa shape index (κ1) is 16.9. The van der Waals surface area contributed by atoms with Gasteiger partial charge >= 0.3 is 6.18 Å². The van der Waals surface area contributed by atoms with Gasteiger partial charge in [0.1, 0.15) is 6.73 Å². The summed E-state index contributed by atoms with van der Waals surface area (Å²) in [5.41, 5.74) is 3.44. The molecule has 2 aliphatic heterocycles. The van der Waals surface area contributed by atoms with Crippen LogP contribution >= 0.6 is 0 Å². The summed E-state index contributed by atoms with van der Waals surface area (Å²) in [6.45, 7) is 2.99. The third-order valence-electron chi connectivity index (χ3n) is 4.13. The second-order valence-electron chi connectivity index (χ2n) is 5.92. The fourth-order valence-electron chi connectivity index (χ4n) is 3.02. The van der Waals surface area contributed by atoms with Crippen molar-refractivity contribution in [2.75, 3.05) is 38.8 Å². The van der Waals surface area contributed by atoms with Crippen molar-refractivity contribution in [2.45, 2.75) is 12.6 Å². The molecule has 0 saturated carbocycles. The number of alkyl halides is 3. The zero-order valence-corrected chi connectivity index (χ0v) is 13.4. The molecule has 1 aromatic rings. The number of nitrogens with one attached hydrogen (secondary N) is 2. The number of hydrogen-bond donors (Lipinski definition) is 2. The molecule has 7 heteroatoms. The van der Waals surface area contributed by atoms with Gasteiger partial charge in [-0.2, -0.15) is 13.2 Å². The van der Waals surface area contributed by atoms with Crippen molar-refractivity contribution in [2.24, 2.45) is 0 Å². The molecule has 0 saturated heterocycles. The smallest absolute Gasteiger partial charge is 0.364 e. The maximum Gasteiger partial charge on any atom is 0.416 e. The Morgan fingerprint density at radius 2 is 2.00 bits per heavy atom. The van der Waals surface area contributed by atoms with Crippen LogP contribution < -0.4 is 10.6 Å². The number of methoxy groups -OCH3 is 1. The highest BCUT2D eigenvalue weighted by Crippen LogP contribution is 2.31. The summed E-state index contributed by atoms with van der Waals surface area (Å²) < 4.78 is 43.2. The van der Waals surface area contributed by atoms with Crippen LogP contribution in [0.3, 0.4) is 0 Å². The molecule has 0 fully saturated rings. The van der Waals surface area contributed by atoms with Crippen molar-refractivity contribution >= 4 is 5.69 Å². The van der Waals surface area contributed by atoms with E-state index in [0.29, 0.717) is 12.4 Å². The lowest BCUT2D eigenvalue weighted by atomic mass is 9.95. The van der Waals surface area contributed by atoms with Gasteiger partial charge in [0, 0.05) is 32.1 Å². The summed E-state index contributed by atoms with van der Waals surface area (Å²) in [5.74, 6) is 0. The molecular formula is C17H20F3N3O. The first-order chi connectivity index (χ1) is 11.5. The van der Waals surface area contributed by atoms with Gasteiger partial charge in [-0.05, 0) is 48.4 Å². The normalized spacial score (nSPS) is 18.3. The lowest BCUT2D eigenvalue weighted by Gasteiger charge is -2.33. The van der Waals surface area contributed by atoms with Gasteiger partial charge in [0.2, 0.25) is 0 Å². The average Bonchev–Trinajstić information content (AvgIpc) is 2.55. The molecule has 0 aromatic heterocycles. The SMILES string of the molecule is COCN1C=C(Nc2ccc(C(F)(F)F)cc2)C2=C(CNCC2)C1. The van der Waals surface area contributed by atoms with Crippen LogP contribution in [0.15, 0.2) is 47.3 Å². The quantitative estimate of drug-likeness (QED) is 0.883. The van der Waals surface area contributed by atoms with E-state index in [-0.39, 0.29) is 0 Å².